The molecule has 3 aromatic heterocycles. The number of aromatic nitrogens is 4. The summed E-state index contributed by atoms with van der Waals surface area (Å²) in [7, 11) is 0. The zero-order chi connectivity index (χ0) is 21.6. The van der Waals surface area contributed by atoms with Crippen LogP contribution in [-0.4, -0.2) is 51.0 Å². The van der Waals surface area contributed by atoms with Crippen LogP contribution in [0.3, 0.4) is 0 Å². The van der Waals surface area contributed by atoms with Crippen LogP contribution in [0.1, 0.15) is 29.8 Å². The fourth-order valence-corrected chi connectivity index (χ4v) is 3.61. The normalized spacial score (nSPS) is 16.3. The molecule has 0 amide bonds. The molecule has 0 bridgehead atoms. The highest BCUT2D eigenvalue weighted by Crippen LogP contribution is 2.38. The van der Waals surface area contributed by atoms with E-state index in [9.17, 15) is 18.3 Å². The Morgan fingerprint density at radius 3 is 2.57 bits per heavy atom. The second-order valence-electron chi connectivity index (χ2n) is 7.17. The van der Waals surface area contributed by atoms with Gasteiger partial charge < -0.3 is 20.5 Å². The van der Waals surface area contributed by atoms with Crippen LogP contribution in [0.5, 0.6) is 0 Å². The van der Waals surface area contributed by atoms with Crippen molar-refractivity contribution in [1.29, 1.82) is 0 Å². The quantitative estimate of drug-likeness (QED) is 0.669. The summed E-state index contributed by atoms with van der Waals surface area (Å²) in [5.41, 5.74) is 6.12. The van der Waals surface area contributed by atoms with Crippen molar-refractivity contribution in [3.63, 3.8) is 0 Å². The number of nitrogens with two attached hydrogens (primary N) is 1. The third-order valence-electron chi connectivity index (χ3n) is 5.12. The molecule has 1 aliphatic heterocycles. The van der Waals surface area contributed by atoms with E-state index < -0.39 is 17.8 Å². The molecule has 0 radical (unpaired) electrons. The van der Waals surface area contributed by atoms with Crippen LogP contribution < -0.4 is 10.6 Å². The first-order valence-corrected chi connectivity index (χ1v) is 9.41. The molecule has 30 heavy (non-hydrogen) atoms. The molecule has 0 saturated carbocycles. The maximum atomic E-state index is 13.7. The van der Waals surface area contributed by atoms with Crippen molar-refractivity contribution in [2.45, 2.75) is 26.1 Å². The molecule has 3 aromatic rings. The minimum Gasteiger partial charge on any atom is -0.389 e. The Hall–Kier alpha value is -2.92. The molecular formula is C19H21F3N6O2. The van der Waals surface area contributed by atoms with Gasteiger partial charge in [0.1, 0.15) is 11.3 Å². The summed E-state index contributed by atoms with van der Waals surface area (Å²) in [5, 5.41) is 14.5. The summed E-state index contributed by atoms with van der Waals surface area (Å²) in [6.45, 7) is 5.40. The molecule has 160 valence electrons. The van der Waals surface area contributed by atoms with Gasteiger partial charge in [0, 0.05) is 30.5 Å². The van der Waals surface area contributed by atoms with Crippen molar-refractivity contribution in [3.05, 3.63) is 35.2 Å². The predicted octanol–water partition coefficient (Wildman–Crippen LogP) is 2.59. The average Bonchev–Trinajstić information content (AvgIpc) is 3.04. The number of rotatable bonds is 3. The second kappa shape index (κ2) is 7.40. The van der Waals surface area contributed by atoms with E-state index in [1.165, 1.54) is 4.52 Å². The van der Waals surface area contributed by atoms with Crippen LogP contribution in [0.4, 0.5) is 24.8 Å². The lowest BCUT2D eigenvalue weighted by atomic mass is 10.1. The van der Waals surface area contributed by atoms with Gasteiger partial charge in [0.05, 0.1) is 30.4 Å². The number of pyridine rings is 1. The van der Waals surface area contributed by atoms with Crippen LogP contribution in [0, 0.1) is 6.92 Å². The number of hydrogen-bond acceptors (Lipinski definition) is 7. The molecule has 1 unspecified atom stereocenters. The first kappa shape index (κ1) is 20.4. The number of anilines is 2. The van der Waals surface area contributed by atoms with E-state index in [-0.39, 0.29) is 17.2 Å². The van der Waals surface area contributed by atoms with Gasteiger partial charge in [-0.3, -0.25) is 0 Å². The lowest BCUT2D eigenvalue weighted by Crippen LogP contribution is -2.37. The Bertz CT molecular complexity index is 1090. The van der Waals surface area contributed by atoms with Gasteiger partial charge in [0.2, 0.25) is 0 Å². The van der Waals surface area contributed by atoms with Gasteiger partial charge in [-0.1, -0.05) is 0 Å². The first-order valence-electron chi connectivity index (χ1n) is 9.41. The average molecular weight is 422 g/mol. The van der Waals surface area contributed by atoms with Crippen molar-refractivity contribution in [2.75, 3.05) is 36.9 Å². The summed E-state index contributed by atoms with van der Waals surface area (Å²) in [5.74, 6) is 0.108. The number of alkyl halides is 3. The molecule has 1 aliphatic rings. The molecule has 0 aromatic carbocycles. The number of aliphatic hydroxyl groups excluding tert-OH is 1. The fourth-order valence-electron chi connectivity index (χ4n) is 3.61. The summed E-state index contributed by atoms with van der Waals surface area (Å²) in [6.07, 6.45) is -4.38. The Morgan fingerprint density at radius 1 is 1.23 bits per heavy atom. The Balaban J connectivity index is 1.99. The van der Waals surface area contributed by atoms with Crippen LogP contribution in [0.25, 0.3) is 16.9 Å². The fraction of sp³-hybridized carbons (Fsp3) is 0.421. The lowest BCUT2D eigenvalue weighted by molar-refractivity contribution is -0.137. The largest absolute Gasteiger partial charge is 0.417 e. The molecule has 4 rings (SSSR count). The van der Waals surface area contributed by atoms with Gasteiger partial charge in [0.25, 0.3) is 0 Å². The van der Waals surface area contributed by atoms with Crippen LogP contribution in [0.15, 0.2) is 18.3 Å². The van der Waals surface area contributed by atoms with Gasteiger partial charge in [-0.25, -0.2) is 14.5 Å². The second-order valence-corrected chi connectivity index (χ2v) is 7.17. The van der Waals surface area contributed by atoms with E-state index in [1.54, 1.807) is 19.9 Å². The molecule has 1 fully saturated rings. The van der Waals surface area contributed by atoms with Crippen LogP contribution >= 0.6 is 0 Å². The number of halogens is 3. The van der Waals surface area contributed by atoms with E-state index in [0.717, 1.165) is 12.3 Å². The van der Waals surface area contributed by atoms with Gasteiger partial charge in [-0.05, 0) is 26.0 Å². The number of aliphatic hydroxyl groups is 1. The van der Waals surface area contributed by atoms with Crippen molar-refractivity contribution in [3.8, 4) is 11.4 Å². The standard InChI is InChI=1S/C19H21F3N6O2/c1-10-12(11(2)29)7-15-18(27-3-5-30-6-4-27)25-17(26-28(10)15)13-9-24-16(23)8-14(13)19(20,21)22/h7-9,11,29H,3-6H2,1-2H3,(H2,23,24). The minimum absolute atomic E-state index is 0.125. The van der Waals surface area contributed by atoms with E-state index in [2.05, 4.69) is 15.1 Å². The van der Waals surface area contributed by atoms with Crippen LogP contribution in [-0.2, 0) is 10.9 Å². The number of nitrogens with zero attached hydrogens (tertiary/aromatic N) is 5. The van der Waals surface area contributed by atoms with E-state index in [1.807, 2.05) is 4.90 Å². The van der Waals surface area contributed by atoms with E-state index in [4.69, 9.17) is 10.5 Å². The SMILES string of the molecule is Cc1c(C(C)O)cc2c(N3CCOCC3)nc(-c3cnc(N)cc3C(F)(F)F)nn12. The van der Waals surface area contributed by atoms with Gasteiger partial charge in [0.15, 0.2) is 11.6 Å². The molecule has 1 atom stereocenters. The number of hydrogen-bond donors (Lipinski definition) is 2. The van der Waals surface area contributed by atoms with Crippen LogP contribution in [0.2, 0.25) is 0 Å². The first-order chi connectivity index (χ1) is 14.2. The monoisotopic (exact) mass is 422 g/mol. The maximum Gasteiger partial charge on any atom is 0.417 e. The highest BCUT2D eigenvalue weighted by atomic mass is 19.4. The highest BCUT2D eigenvalue weighted by Gasteiger charge is 2.35. The summed E-state index contributed by atoms with van der Waals surface area (Å²) >= 11 is 0. The molecule has 8 nitrogen and oxygen atoms in total. The summed E-state index contributed by atoms with van der Waals surface area (Å²) in [4.78, 5) is 10.2. The maximum absolute atomic E-state index is 13.7. The number of fused-ring (bicyclic) bond motifs is 1. The molecule has 3 N–H and O–H groups in total. The molecule has 0 spiro atoms. The number of nitrogen functional groups attached to an aromatic ring is 1. The number of morpholine rings is 1. The lowest BCUT2D eigenvalue weighted by Gasteiger charge is -2.28. The molecule has 11 heteroatoms. The minimum atomic E-state index is -4.65. The van der Waals surface area contributed by atoms with Crippen molar-refractivity contribution < 1.29 is 23.0 Å². The summed E-state index contributed by atoms with van der Waals surface area (Å²) < 4.78 is 47.9. The zero-order valence-electron chi connectivity index (χ0n) is 16.4. The highest BCUT2D eigenvalue weighted by molar-refractivity contribution is 5.74. The third kappa shape index (κ3) is 3.54. The smallest absolute Gasteiger partial charge is 0.389 e. The summed E-state index contributed by atoms with van der Waals surface area (Å²) in [6, 6.07) is 2.54. The van der Waals surface area contributed by atoms with Gasteiger partial charge >= 0.3 is 6.18 Å². The predicted molar refractivity (Wildman–Crippen MR) is 104 cm³/mol. The van der Waals surface area contributed by atoms with Crippen molar-refractivity contribution in [1.82, 2.24) is 19.6 Å². The number of ether oxygens (including phenoxy) is 1. The zero-order valence-corrected chi connectivity index (χ0v) is 16.4. The van der Waals surface area contributed by atoms with Gasteiger partial charge in [-0.15, -0.1) is 5.10 Å². The molecule has 0 aliphatic carbocycles. The topological polar surface area (TPSA) is 102 Å². The number of aryl methyl sites for hydroxylation is 1. The van der Waals surface area contributed by atoms with Crippen molar-refractivity contribution >= 4 is 17.2 Å². The van der Waals surface area contributed by atoms with E-state index >= 15 is 0 Å². The third-order valence-corrected chi connectivity index (χ3v) is 5.12. The molecule has 1 saturated heterocycles. The van der Waals surface area contributed by atoms with E-state index in [0.29, 0.717) is 48.9 Å². The Morgan fingerprint density at radius 2 is 1.93 bits per heavy atom. The van der Waals surface area contributed by atoms with Crippen molar-refractivity contribution in [2.24, 2.45) is 0 Å². The Kier molecular flexibility index (Phi) is 5.02. The van der Waals surface area contributed by atoms with Gasteiger partial charge in [-0.2, -0.15) is 13.2 Å². The molecule has 4 heterocycles. The Labute approximate surface area is 170 Å². The molecular weight excluding hydrogens is 401 g/mol.